The third-order valence-electron chi connectivity index (χ3n) is 5.20. The van der Waals surface area contributed by atoms with Gasteiger partial charge in [-0.15, -0.1) is 24.0 Å². The number of likely N-dealkylation sites (tertiary alicyclic amines) is 1. The predicted octanol–water partition coefficient (Wildman–Crippen LogP) is 1.87. The van der Waals surface area contributed by atoms with Crippen LogP contribution in [0.25, 0.3) is 0 Å². The maximum atomic E-state index is 10.2. The number of imidazole rings is 1. The standard InChI is InChI=1S/C16H27N5O.HI/c1-13-4-8-20(10-14(13)21-9-7-18-12-21)15(17-2)19-11-16(22)5-3-6-16;/h7,9,12-14,22H,3-6,8,10-11H2,1-2H3,(H,17,19);1H. The van der Waals surface area contributed by atoms with Gasteiger partial charge in [0.05, 0.1) is 18.0 Å². The van der Waals surface area contributed by atoms with Gasteiger partial charge in [0.1, 0.15) is 0 Å². The molecule has 1 saturated carbocycles. The summed E-state index contributed by atoms with van der Waals surface area (Å²) in [5, 5.41) is 13.6. The fourth-order valence-corrected chi connectivity index (χ4v) is 3.43. The van der Waals surface area contributed by atoms with Crippen LogP contribution in [0.1, 0.15) is 38.6 Å². The van der Waals surface area contributed by atoms with Crippen LogP contribution in [0.2, 0.25) is 0 Å². The van der Waals surface area contributed by atoms with Gasteiger partial charge >= 0.3 is 0 Å². The number of nitrogens with one attached hydrogen (secondary N) is 1. The molecule has 0 amide bonds. The molecule has 2 fully saturated rings. The van der Waals surface area contributed by atoms with Gasteiger partial charge < -0.3 is 19.9 Å². The number of aliphatic hydroxyl groups is 1. The van der Waals surface area contributed by atoms with Crippen molar-refractivity contribution in [3.8, 4) is 0 Å². The summed E-state index contributed by atoms with van der Waals surface area (Å²) >= 11 is 0. The molecular weight excluding hydrogens is 405 g/mol. The molecule has 23 heavy (non-hydrogen) atoms. The summed E-state index contributed by atoms with van der Waals surface area (Å²) < 4.78 is 2.20. The first-order chi connectivity index (χ1) is 10.6. The van der Waals surface area contributed by atoms with E-state index in [1.165, 1.54) is 0 Å². The Morgan fingerprint density at radius 2 is 2.26 bits per heavy atom. The first-order valence-electron chi connectivity index (χ1n) is 8.27. The zero-order valence-electron chi connectivity index (χ0n) is 14.0. The summed E-state index contributed by atoms with van der Waals surface area (Å²) in [6.07, 6.45) is 9.83. The summed E-state index contributed by atoms with van der Waals surface area (Å²) in [4.78, 5) is 10.9. The zero-order chi connectivity index (χ0) is 15.6. The van der Waals surface area contributed by atoms with Crippen LogP contribution >= 0.6 is 24.0 Å². The molecule has 1 aliphatic heterocycles. The zero-order valence-corrected chi connectivity index (χ0v) is 16.3. The van der Waals surface area contributed by atoms with Crippen molar-refractivity contribution in [3.05, 3.63) is 18.7 Å². The molecule has 2 unspecified atom stereocenters. The van der Waals surface area contributed by atoms with E-state index in [4.69, 9.17) is 0 Å². The minimum Gasteiger partial charge on any atom is -0.388 e. The lowest BCUT2D eigenvalue weighted by Crippen LogP contribution is -2.54. The second-order valence-corrected chi connectivity index (χ2v) is 6.77. The lowest BCUT2D eigenvalue weighted by Gasteiger charge is -2.41. The molecule has 7 heteroatoms. The fourth-order valence-electron chi connectivity index (χ4n) is 3.43. The van der Waals surface area contributed by atoms with Crippen molar-refractivity contribution in [1.82, 2.24) is 19.8 Å². The number of halogens is 1. The number of hydrogen-bond donors (Lipinski definition) is 2. The van der Waals surface area contributed by atoms with Crippen LogP contribution in [0.3, 0.4) is 0 Å². The summed E-state index contributed by atoms with van der Waals surface area (Å²) in [6.45, 7) is 4.83. The molecule has 1 aliphatic carbocycles. The Labute approximate surface area is 155 Å². The topological polar surface area (TPSA) is 65.7 Å². The highest BCUT2D eigenvalue weighted by Gasteiger charge is 2.35. The second kappa shape index (κ2) is 7.83. The molecule has 130 valence electrons. The monoisotopic (exact) mass is 433 g/mol. The maximum absolute atomic E-state index is 10.2. The summed E-state index contributed by atoms with van der Waals surface area (Å²) in [7, 11) is 1.82. The molecule has 0 radical (unpaired) electrons. The smallest absolute Gasteiger partial charge is 0.193 e. The molecule has 0 aromatic carbocycles. The fraction of sp³-hybridized carbons (Fsp3) is 0.750. The van der Waals surface area contributed by atoms with E-state index >= 15 is 0 Å². The Bertz CT molecular complexity index is 515. The lowest BCUT2D eigenvalue weighted by atomic mass is 9.80. The third-order valence-corrected chi connectivity index (χ3v) is 5.20. The van der Waals surface area contributed by atoms with Gasteiger partial charge in [0.15, 0.2) is 5.96 Å². The van der Waals surface area contributed by atoms with Crippen LogP contribution in [0.4, 0.5) is 0 Å². The minimum atomic E-state index is -0.525. The third kappa shape index (κ3) is 4.17. The van der Waals surface area contributed by atoms with Crippen LogP contribution in [0, 0.1) is 5.92 Å². The maximum Gasteiger partial charge on any atom is 0.193 e. The molecule has 0 spiro atoms. The van der Waals surface area contributed by atoms with E-state index in [2.05, 4.69) is 31.7 Å². The van der Waals surface area contributed by atoms with Crippen molar-refractivity contribution >= 4 is 29.9 Å². The highest BCUT2D eigenvalue weighted by molar-refractivity contribution is 14.0. The van der Waals surface area contributed by atoms with E-state index in [-0.39, 0.29) is 24.0 Å². The van der Waals surface area contributed by atoms with Crippen molar-refractivity contribution in [2.45, 2.75) is 44.2 Å². The average Bonchev–Trinajstić information content (AvgIpc) is 3.01. The molecule has 1 aromatic rings. The molecule has 6 nitrogen and oxygen atoms in total. The van der Waals surface area contributed by atoms with E-state index < -0.39 is 5.60 Å². The summed E-state index contributed by atoms with van der Waals surface area (Å²) in [5.74, 6) is 1.52. The van der Waals surface area contributed by atoms with E-state index in [1.807, 2.05) is 25.8 Å². The first-order valence-corrected chi connectivity index (χ1v) is 8.27. The molecular formula is C16H28IN5O. The van der Waals surface area contributed by atoms with Crippen molar-refractivity contribution in [1.29, 1.82) is 0 Å². The Kier molecular flexibility index (Phi) is 6.30. The van der Waals surface area contributed by atoms with Crippen LogP contribution in [0.15, 0.2) is 23.7 Å². The number of nitrogens with zero attached hydrogens (tertiary/aromatic N) is 4. The van der Waals surface area contributed by atoms with Gasteiger partial charge in [0.2, 0.25) is 0 Å². The largest absolute Gasteiger partial charge is 0.388 e. The predicted molar refractivity (Wildman–Crippen MR) is 102 cm³/mol. The highest BCUT2D eigenvalue weighted by Crippen LogP contribution is 2.31. The van der Waals surface area contributed by atoms with Crippen LogP contribution < -0.4 is 5.32 Å². The van der Waals surface area contributed by atoms with Crippen LogP contribution in [-0.4, -0.2) is 57.8 Å². The van der Waals surface area contributed by atoms with Gasteiger partial charge in [0, 0.05) is 39.1 Å². The molecule has 1 saturated heterocycles. The SMILES string of the molecule is CN=C(NCC1(O)CCC1)N1CCC(C)C(n2ccnc2)C1.I. The highest BCUT2D eigenvalue weighted by atomic mass is 127. The minimum absolute atomic E-state index is 0. The Morgan fingerprint density at radius 1 is 1.48 bits per heavy atom. The molecule has 0 bridgehead atoms. The molecule has 2 aliphatic rings. The van der Waals surface area contributed by atoms with Gasteiger partial charge in [-0.1, -0.05) is 6.92 Å². The normalized spacial score (nSPS) is 27.1. The molecule has 2 N–H and O–H groups in total. The van der Waals surface area contributed by atoms with Gasteiger partial charge in [-0.25, -0.2) is 4.98 Å². The van der Waals surface area contributed by atoms with E-state index in [9.17, 15) is 5.11 Å². The van der Waals surface area contributed by atoms with Crippen LogP contribution in [0.5, 0.6) is 0 Å². The Hall–Kier alpha value is -0.830. The summed E-state index contributed by atoms with van der Waals surface area (Å²) in [5.41, 5.74) is -0.525. The first kappa shape index (κ1) is 18.5. The summed E-state index contributed by atoms with van der Waals surface area (Å²) in [6, 6.07) is 0.418. The number of aromatic nitrogens is 2. The number of guanidine groups is 1. The van der Waals surface area contributed by atoms with Crippen LogP contribution in [-0.2, 0) is 0 Å². The van der Waals surface area contributed by atoms with Crippen molar-refractivity contribution in [2.24, 2.45) is 10.9 Å². The average molecular weight is 433 g/mol. The van der Waals surface area contributed by atoms with Crippen molar-refractivity contribution in [3.63, 3.8) is 0 Å². The quantitative estimate of drug-likeness (QED) is 0.434. The Morgan fingerprint density at radius 3 is 2.83 bits per heavy atom. The van der Waals surface area contributed by atoms with E-state index in [0.717, 1.165) is 44.7 Å². The second-order valence-electron chi connectivity index (χ2n) is 6.77. The van der Waals surface area contributed by atoms with Gasteiger partial charge in [0.25, 0.3) is 0 Å². The number of aliphatic imine (C=N–C) groups is 1. The van der Waals surface area contributed by atoms with Gasteiger partial charge in [-0.2, -0.15) is 0 Å². The number of piperidine rings is 1. The Balaban J connectivity index is 0.00000192. The van der Waals surface area contributed by atoms with E-state index in [1.54, 1.807) is 0 Å². The van der Waals surface area contributed by atoms with Crippen molar-refractivity contribution < 1.29 is 5.11 Å². The number of rotatable bonds is 3. The molecule has 3 rings (SSSR count). The molecule has 1 aromatic heterocycles. The van der Waals surface area contributed by atoms with E-state index in [0.29, 0.717) is 18.5 Å². The molecule has 2 heterocycles. The lowest BCUT2D eigenvalue weighted by molar-refractivity contribution is -0.0284. The van der Waals surface area contributed by atoms with Gasteiger partial charge in [-0.3, -0.25) is 4.99 Å². The number of hydrogen-bond acceptors (Lipinski definition) is 3. The van der Waals surface area contributed by atoms with Crippen molar-refractivity contribution in [2.75, 3.05) is 26.7 Å². The van der Waals surface area contributed by atoms with Gasteiger partial charge in [-0.05, 0) is 31.6 Å². The molecule has 2 atom stereocenters.